The van der Waals surface area contributed by atoms with Crippen LogP contribution in [-0.2, 0) is 0 Å². The summed E-state index contributed by atoms with van der Waals surface area (Å²) in [6, 6.07) is 19.6. The first-order chi connectivity index (χ1) is 18.5. The normalized spacial score (nSPS) is 10.7. The van der Waals surface area contributed by atoms with Crippen molar-refractivity contribution in [2.75, 3.05) is 10.6 Å². The molecule has 3 aromatic heterocycles. The Hall–Kier alpha value is -5.43. The van der Waals surface area contributed by atoms with Gasteiger partial charge in [0.25, 0.3) is 0 Å². The zero-order chi connectivity index (χ0) is 26.5. The van der Waals surface area contributed by atoms with Crippen molar-refractivity contribution in [3.8, 4) is 40.1 Å². The molecule has 0 atom stereocenters. The van der Waals surface area contributed by atoms with Gasteiger partial charge in [0, 0.05) is 47.5 Å². The lowest BCUT2D eigenvalue weighted by Gasteiger charge is -2.10. The number of urea groups is 1. The summed E-state index contributed by atoms with van der Waals surface area (Å²) in [7, 11) is 0. The number of hydrogen-bond donors (Lipinski definition) is 3. The number of nitrogens with one attached hydrogen (secondary N) is 3. The van der Waals surface area contributed by atoms with Crippen molar-refractivity contribution in [2.45, 2.75) is 19.9 Å². The molecule has 0 aliphatic heterocycles. The molecule has 0 radical (unpaired) electrons. The van der Waals surface area contributed by atoms with Crippen LogP contribution in [0.3, 0.4) is 0 Å². The molecule has 10 heteroatoms. The Morgan fingerprint density at radius 3 is 2.63 bits per heavy atom. The van der Waals surface area contributed by atoms with E-state index < -0.39 is 6.03 Å². The first-order valence-electron chi connectivity index (χ1n) is 11.9. The monoisotopic (exact) mass is 504 g/mol. The quantitative estimate of drug-likeness (QED) is 0.241. The second-order valence-electron chi connectivity index (χ2n) is 8.73. The molecule has 0 spiro atoms. The number of rotatable bonds is 7. The Morgan fingerprint density at radius 1 is 1.05 bits per heavy atom. The molecular formula is C28H24N8O2. The fourth-order valence-electron chi connectivity index (χ4n) is 3.75. The summed E-state index contributed by atoms with van der Waals surface area (Å²) in [6.07, 6.45) is 6.90. The van der Waals surface area contributed by atoms with E-state index in [9.17, 15) is 10.1 Å². The number of hydrogen-bond acceptors (Lipinski definition) is 6. The van der Waals surface area contributed by atoms with Gasteiger partial charge in [-0.25, -0.2) is 4.79 Å². The predicted molar refractivity (Wildman–Crippen MR) is 144 cm³/mol. The maximum atomic E-state index is 12.8. The summed E-state index contributed by atoms with van der Waals surface area (Å²) in [5, 5.41) is 26.3. The number of aromatic nitrogens is 5. The third-order valence-corrected chi connectivity index (χ3v) is 5.65. The smallest absolute Gasteiger partial charge is 0.323 e. The van der Waals surface area contributed by atoms with Gasteiger partial charge in [-0.15, -0.1) is 0 Å². The number of carbonyl (C=O) groups is 1. The molecule has 0 fully saturated rings. The summed E-state index contributed by atoms with van der Waals surface area (Å²) >= 11 is 0. The van der Waals surface area contributed by atoms with Gasteiger partial charge in [-0.05, 0) is 56.3 Å². The second kappa shape index (κ2) is 10.7. The van der Waals surface area contributed by atoms with Gasteiger partial charge in [0.1, 0.15) is 17.2 Å². The van der Waals surface area contributed by atoms with Gasteiger partial charge in [0.15, 0.2) is 0 Å². The predicted octanol–water partition coefficient (Wildman–Crippen LogP) is 6.22. The van der Waals surface area contributed by atoms with Crippen LogP contribution in [-0.4, -0.2) is 31.0 Å². The molecule has 0 saturated heterocycles. The Balaban J connectivity index is 1.27. The number of anilines is 2. The van der Waals surface area contributed by atoms with Crippen molar-refractivity contribution in [1.29, 1.82) is 5.26 Å². The van der Waals surface area contributed by atoms with Crippen LogP contribution in [0.1, 0.15) is 25.5 Å². The highest BCUT2D eigenvalue weighted by atomic mass is 16.5. The molecule has 0 aliphatic carbocycles. The summed E-state index contributed by atoms with van der Waals surface area (Å²) in [4.78, 5) is 17.2. The van der Waals surface area contributed by atoms with Crippen LogP contribution in [0.4, 0.5) is 16.2 Å². The lowest BCUT2D eigenvalue weighted by molar-refractivity contribution is 0.262. The number of pyridine rings is 1. The molecular weight excluding hydrogens is 480 g/mol. The summed E-state index contributed by atoms with van der Waals surface area (Å²) < 4.78 is 7.72. The molecule has 0 bridgehead atoms. The van der Waals surface area contributed by atoms with Gasteiger partial charge >= 0.3 is 6.03 Å². The Bertz CT molecular complexity index is 1600. The van der Waals surface area contributed by atoms with Crippen LogP contribution < -0.4 is 15.4 Å². The van der Waals surface area contributed by atoms with E-state index in [-0.39, 0.29) is 6.04 Å². The molecule has 0 unspecified atom stereocenters. The van der Waals surface area contributed by atoms with Crippen molar-refractivity contribution < 1.29 is 9.53 Å². The largest absolute Gasteiger partial charge is 0.457 e. The minimum absolute atomic E-state index is 0.0928. The number of amides is 2. The average molecular weight is 505 g/mol. The van der Waals surface area contributed by atoms with Crippen molar-refractivity contribution in [2.24, 2.45) is 0 Å². The Morgan fingerprint density at radius 2 is 1.89 bits per heavy atom. The zero-order valence-electron chi connectivity index (χ0n) is 20.7. The highest BCUT2D eigenvalue weighted by Crippen LogP contribution is 2.29. The van der Waals surface area contributed by atoms with Gasteiger partial charge in [-0.1, -0.05) is 12.1 Å². The van der Waals surface area contributed by atoms with E-state index in [2.05, 4.69) is 37.0 Å². The van der Waals surface area contributed by atoms with E-state index >= 15 is 0 Å². The Kier molecular flexibility index (Phi) is 6.82. The van der Waals surface area contributed by atoms with Crippen LogP contribution in [0.2, 0.25) is 0 Å². The van der Waals surface area contributed by atoms with Gasteiger partial charge in [0.2, 0.25) is 0 Å². The lowest BCUT2D eigenvalue weighted by atomic mass is 10.1. The number of H-pyrrole nitrogens is 1. The van der Waals surface area contributed by atoms with Crippen LogP contribution in [0, 0.1) is 11.3 Å². The van der Waals surface area contributed by atoms with Gasteiger partial charge in [-0.3, -0.25) is 14.8 Å². The van der Waals surface area contributed by atoms with Gasteiger partial charge in [0.05, 0.1) is 29.2 Å². The fourth-order valence-corrected chi connectivity index (χ4v) is 3.75. The molecule has 2 amide bonds. The van der Waals surface area contributed by atoms with E-state index in [0.29, 0.717) is 34.1 Å². The highest BCUT2D eigenvalue weighted by molar-refractivity contribution is 6.01. The van der Waals surface area contributed by atoms with E-state index in [1.807, 2.05) is 26.0 Å². The second-order valence-corrected chi connectivity index (χ2v) is 8.73. The Labute approximate surface area is 218 Å². The van der Waals surface area contributed by atoms with Crippen molar-refractivity contribution in [3.63, 3.8) is 0 Å². The van der Waals surface area contributed by atoms with Crippen molar-refractivity contribution in [3.05, 3.63) is 91.0 Å². The van der Waals surface area contributed by atoms with Crippen LogP contribution in [0.25, 0.3) is 22.5 Å². The zero-order valence-corrected chi connectivity index (χ0v) is 20.7. The molecule has 2 aromatic carbocycles. The highest BCUT2D eigenvalue weighted by Gasteiger charge is 2.16. The minimum atomic E-state index is -0.418. The fraction of sp³-hybridized carbons (Fsp3) is 0.107. The van der Waals surface area contributed by atoms with E-state index in [0.717, 1.165) is 16.8 Å². The topological polar surface area (TPSA) is 134 Å². The molecule has 5 rings (SSSR count). The van der Waals surface area contributed by atoms with Crippen LogP contribution >= 0.6 is 0 Å². The van der Waals surface area contributed by atoms with Gasteiger partial charge < -0.3 is 15.4 Å². The van der Waals surface area contributed by atoms with Crippen molar-refractivity contribution in [1.82, 2.24) is 25.0 Å². The summed E-state index contributed by atoms with van der Waals surface area (Å²) in [5.41, 5.74) is 4.58. The maximum absolute atomic E-state index is 12.8. The third kappa shape index (κ3) is 5.52. The van der Waals surface area contributed by atoms with E-state index in [1.165, 1.54) is 0 Å². The molecule has 3 heterocycles. The number of nitrogens with zero attached hydrogens (tertiary/aromatic N) is 5. The lowest BCUT2D eigenvalue weighted by Crippen LogP contribution is -2.19. The maximum Gasteiger partial charge on any atom is 0.323 e. The minimum Gasteiger partial charge on any atom is -0.457 e. The first-order valence-corrected chi connectivity index (χ1v) is 11.9. The molecule has 188 valence electrons. The van der Waals surface area contributed by atoms with Gasteiger partial charge in [-0.2, -0.15) is 15.5 Å². The van der Waals surface area contributed by atoms with Crippen LogP contribution in [0.15, 0.2) is 85.5 Å². The summed E-state index contributed by atoms with van der Waals surface area (Å²) in [6.45, 7) is 4.00. The molecule has 0 saturated carbocycles. The standard InChI is InChI=1S/C28H24N8O2/c1-18(2)36-17-26(27(35-36)20-5-3-4-19(12-20)14-29)34-28(37)33-22-6-8-23(9-7-22)38-24-10-11-30-25(13-24)21-15-31-32-16-21/h3-13,15-18H,1-2H3,(H,31,32)(H2,33,34,37). The third-order valence-electron chi connectivity index (χ3n) is 5.65. The van der Waals surface area contributed by atoms with E-state index in [4.69, 9.17) is 4.74 Å². The molecule has 10 nitrogen and oxygen atoms in total. The number of ether oxygens (including phenoxy) is 1. The van der Waals surface area contributed by atoms with Crippen molar-refractivity contribution >= 4 is 17.4 Å². The molecule has 38 heavy (non-hydrogen) atoms. The molecule has 3 N–H and O–H groups in total. The number of carbonyl (C=O) groups excluding carboxylic acids is 1. The SMILES string of the molecule is CC(C)n1cc(NC(=O)Nc2ccc(Oc3ccnc(-c4cn[nH]c4)c3)cc2)c(-c2cccc(C#N)c2)n1. The number of benzene rings is 2. The molecule has 0 aliphatic rings. The van der Waals surface area contributed by atoms with E-state index in [1.54, 1.807) is 78.0 Å². The number of nitriles is 1. The average Bonchev–Trinajstić information content (AvgIpc) is 3.61. The molecule has 5 aromatic rings. The number of aromatic amines is 1. The van der Waals surface area contributed by atoms with Crippen LogP contribution in [0.5, 0.6) is 11.5 Å². The first kappa shape index (κ1) is 24.3. The summed E-state index contributed by atoms with van der Waals surface area (Å²) in [5.74, 6) is 1.24.